The van der Waals surface area contributed by atoms with Crippen molar-refractivity contribution in [2.45, 2.75) is 50.5 Å². The fourth-order valence-corrected chi connectivity index (χ4v) is 3.98. The summed E-state index contributed by atoms with van der Waals surface area (Å²) in [6, 6.07) is 0. The zero-order valence-corrected chi connectivity index (χ0v) is 11.0. The molecule has 0 unspecified atom stereocenters. The Kier molecular flexibility index (Phi) is 2.58. The summed E-state index contributed by atoms with van der Waals surface area (Å²) in [5, 5.41) is 14.4. The quantitative estimate of drug-likeness (QED) is 0.837. The lowest BCUT2D eigenvalue weighted by Crippen LogP contribution is -2.04. The zero-order chi connectivity index (χ0) is 11.9. The molecule has 6 heteroatoms. The Balaban J connectivity index is 1.71. The lowest BCUT2D eigenvalue weighted by molar-refractivity contribution is 0.103. The van der Waals surface area contributed by atoms with Gasteiger partial charge in [-0.2, -0.15) is 9.61 Å². The van der Waals surface area contributed by atoms with E-state index in [0.29, 0.717) is 5.92 Å². The van der Waals surface area contributed by atoms with Crippen LogP contribution < -0.4 is 0 Å². The Hall–Kier alpha value is -1.01. The maximum absolute atomic E-state index is 5.68. The summed E-state index contributed by atoms with van der Waals surface area (Å²) >= 11 is 1.70. The third-order valence-corrected chi connectivity index (χ3v) is 5.01. The molecule has 2 aromatic heterocycles. The van der Waals surface area contributed by atoms with Crippen LogP contribution in [-0.2, 0) is 4.74 Å². The van der Waals surface area contributed by atoms with E-state index in [4.69, 9.17) is 9.84 Å². The summed E-state index contributed by atoms with van der Waals surface area (Å²) in [6.07, 6.45) is 7.47. The smallest absolute Gasteiger partial charge is 0.234 e. The van der Waals surface area contributed by atoms with Gasteiger partial charge in [0, 0.05) is 12.5 Å². The highest BCUT2D eigenvalue weighted by atomic mass is 32.1. The number of fused-ring (bicyclic) bond motifs is 1. The van der Waals surface area contributed by atoms with E-state index in [9.17, 15) is 0 Å². The van der Waals surface area contributed by atoms with Crippen LogP contribution >= 0.6 is 11.3 Å². The van der Waals surface area contributed by atoms with Crippen LogP contribution in [0.15, 0.2) is 0 Å². The number of rotatable bonds is 2. The lowest BCUT2D eigenvalue weighted by atomic mass is 10.1. The van der Waals surface area contributed by atoms with E-state index in [1.165, 1.54) is 30.7 Å². The number of hydrogen-bond acceptors (Lipinski definition) is 5. The summed E-state index contributed by atoms with van der Waals surface area (Å²) < 4.78 is 7.59. The van der Waals surface area contributed by atoms with Crippen LogP contribution in [-0.4, -0.2) is 26.4 Å². The van der Waals surface area contributed by atoms with Gasteiger partial charge in [0.25, 0.3) is 0 Å². The molecule has 0 spiro atoms. The topological polar surface area (TPSA) is 52.3 Å². The van der Waals surface area contributed by atoms with E-state index in [1.54, 1.807) is 11.3 Å². The minimum absolute atomic E-state index is 0.0959. The Bertz CT molecular complexity index is 551. The average molecular weight is 264 g/mol. The van der Waals surface area contributed by atoms with Crippen molar-refractivity contribution in [1.82, 2.24) is 19.8 Å². The van der Waals surface area contributed by atoms with Gasteiger partial charge in [0.1, 0.15) is 11.1 Å². The van der Waals surface area contributed by atoms with Crippen molar-refractivity contribution >= 4 is 16.3 Å². The molecule has 0 N–H and O–H groups in total. The minimum atomic E-state index is 0.0959. The first-order chi connectivity index (χ1) is 8.92. The Morgan fingerprint density at radius 3 is 2.78 bits per heavy atom. The van der Waals surface area contributed by atoms with Crippen LogP contribution in [0.2, 0.25) is 0 Å². The summed E-state index contributed by atoms with van der Waals surface area (Å²) in [5.41, 5.74) is 0. The summed E-state index contributed by atoms with van der Waals surface area (Å²) in [6.45, 7) is 0.833. The second-order valence-corrected chi connectivity index (χ2v) is 6.16. The number of nitrogens with zero attached hydrogens (tertiary/aromatic N) is 4. The molecule has 3 heterocycles. The van der Waals surface area contributed by atoms with Crippen LogP contribution in [0.5, 0.6) is 0 Å². The van der Waals surface area contributed by atoms with E-state index in [-0.39, 0.29) is 6.10 Å². The SMILES string of the molecule is C1CCC(c2nn3c([C@H]4CCCO4)nnc3s2)C1. The van der Waals surface area contributed by atoms with E-state index in [0.717, 1.165) is 30.2 Å². The molecule has 1 saturated carbocycles. The Morgan fingerprint density at radius 1 is 1.11 bits per heavy atom. The Morgan fingerprint density at radius 2 is 2.00 bits per heavy atom. The van der Waals surface area contributed by atoms with E-state index < -0.39 is 0 Å². The molecule has 1 aliphatic heterocycles. The molecule has 2 aliphatic rings. The van der Waals surface area contributed by atoms with Crippen LogP contribution in [0, 0.1) is 0 Å². The van der Waals surface area contributed by atoms with Crippen molar-refractivity contribution in [3.8, 4) is 0 Å². The molecule has 2 fully saturated rings. The highest BCUT2D eigenvalue weighted by Crippen LogP contribution is 2.37. The number of ether oxygens (including phenoxy) is 1. The molecular weight excluding hydrogens is 248 g/mol. The predicted octanol–water partition coefficient (Wildman–Crippen LogP) is 2.69. The molecule has 18 heavy (non-hydrogen) atoms. The van der Waals surface area contributed by atoms with Gasteiger partial charge in [0.15, 0.2) is 5.82 Å². The van der Waals surface area contributed by atoms with E-state index >= 15 is 0 Å². The van der Waals surface area contributed by atoms with E-state index in [1.807, 2.05) is 4.52 Å². The van der Waals surface area contributed by atoms with Crippen LogP contribution in [0.3, 0.4) is 0 Å². The second kappa shape index (κ2) is 4.28. The highest BCUT2D eigenvalue weighted by Gasteiger charge is 2.27. The molecule has 0 bridgehead atoms. The summed E-state index contributed by atoms with van der Waals surface area (Å²) in [7, 11) is 0. The average Bonchev–Trinajstić information content (AvgIpc) is 3.13. The fourth-order valence-electron chi connectivity index (χ4n) is 2.97. The molecule has 1 atom stereocenters. The third-order valence-electron chi connectivity index (χ3n) is 3.95. The lowest BCUT2D eigenvalue weighted by Gasteiger charge is -2.05. The molecule has 1 aliphatic carbocycles. The van der Waals surface area contributed by atoms with Crippen molar-refractivity contribution in [3.05, 3.63) is 10.8 Å². The van der Waals surface area contributed by atoms with Crippen molar-refractivity contribution in [1.29, 1.82) is 0 Å². The maximum atomic E-state index is 5.68. The first-order valence-corrected chi connectivity index (χ1v) is 7.57. The fraction of sp³-hybridized carbons (Fsp3) is 0.750. The summed E-state index contributed by atoms with van der Waals surface area (Å²) in [5.74, 6) is 1.54. The second-order valence-electron chi connectivity index (χ2n) is 5.18. The largest absolute Gasteiger partial charge is 0.370 e. The third kappa shape index (κ3) is 1.66. The van der Waals surface area contributed by atoms with E-state index in [2.05, 4.69) is 10.2 Å². The van der Waals surface area contributed by atoms with Gasteiger partial charge in [-0.05, 0) is 25.7 Å². The number of aromatic nitrogens is 4. The van der Waals surface area contributed by atoms with Gasteiger partial charge in [-0.3, -0.25) is 0 Å². The predicted molar refractivity (Wildman–Crippen MR) is 67.8 cm³/mol. The normalized spacial score (nSPS) is 25.4. The van der Waals surface area contributed by atoms with Crippen molar-refractivity contribution < 1.29 is 4.74 Å². The molecular formula is C12H16N4OS. The van der Waals surface area contributed by atoms with Crippen molar-refractivity contribution in [2.24, 2.45) is 0 Å². The molecule has 0 aromatic carbocycles. The molecule has 4 rings (SSSR count). The minimum Gasteiger partial charge on any atom is -0.370 e. The van der Waals surface area contributed by atoms with Crippen LogP contribution in [0.25, 0.3) is 4.96 Å². The summed E-state index contributed by atoms with van der Waals surface area (Å²) in [4.78, 5) is 0.919. The van der Waals surface area contributed by atoms with Crippen molar-refractivity contribution in [2.75, 3.05) is 6.61 Å². The van der Waals surface area contributed by atoms with Gasteiger partial charge in [-0.25, -0.2) is 0 Å². The van der Waals surface area contributed by atoms with Crippen LogP contribution in [0.1, 0.15) is 61.4 Å². The van der Waals surface area contributed by atoms with Gasteiger partial charge in [0.05, 0.1) is 0 Å². The Labute approximate surface area is 109 Å². The molecule has 96 valence electrons. The first-order valence-electron chi connectivity index (χ1n) is 6.75. The molecule has 0 amide bonds. The zero-order valence-electron chi connectivity index (χ0n) is 10.2. The molecule has 1 saturated heterocycles. The monoisotopic (exact) mass is 264 g/mol. The highest BCUT2D eigenvalue weighted by molar-refractivity contribution is 7.16. The molecule has 2 aromatic rings. The molecule has 0 radical (unpaired) electrons. The van der Waals surface area contributed by atoms with Gasteiger partial charge >= 0.3 is 0 Å². The van der Waals surface area contributed by atoms with Crippen LogP contribution in [0.4, 0.5) is 0 Å². The first kappa shape index (κ1) is 10.9. The van der Waals surface area contributed by atoms with Gasteiger partial charge in [0.2, 0.25) is 4.96 Å². The standard InChI is InChI=1S/C12H16N4OS/c1-2-5-8(4-1)11-15-16-10(9-6-3-7-17-9)13-14-12(16)18-11/h8-9H,1-7H2/t9-/m1/s1. The molecule has 5 nitrogen and oxygen atoms in total. The maximum Gasteiger partial charge on any atom is 0.234 e. The van der Waals surface area contributed by atoms with Gasteiger partial charge < -0.3 is 4.74 Å². The number of hydrogen-bond donors (Lipinski definition) is 0. The van der Waals surface area contributed by atoms with Crippen molar-refractivity contribution in [3.63, 3.8) is 0 Å². The van der Waals surface area contributed by atoms with Gasteiger partial charge in [-0.15, -0.1) is 10.2 Å². The van der Waals surface area contributed by atoms with Gasteiger partial charge in [-0.1, -0.05) is 24.2 Å².